The highest BCUT2D eigenvalue weighted by atomic mass is 35.5. The van der Waals surface area contributed by atoms with Gasteiger partial charge in [0.25, 0.3) is 0 Å². The minimum atomic E-state index is -0.974. The molecule has 1 aliphatic rings. The zero-order valence-corrected chi connectivity index (χ0v) is 7.25. The van der Waals surface area contributed by atoms with Crippen LogP contribution in [0, 0.1) is 5.92 Å². The van der Waals surface area contributed by atoms with Crippen molar-refractivity contribution in [3.8, 4) is 0 Å². The van der Waals surface area contributed by atoms with Gasteiger partial charge in [-0.05, 0) is 24.4 Å². The Bertz CT molecular complexity index is 187. The van der Waals surface area contributed by atoms with Crippen molar-refractivity contribution in [2.45, 2.75) is 12.8 Å². The highest BCUT2D eigenvalue weighted by molar-refractivity contribution is 6.64. The SMILES string of the molecule is O=C(Cl)[C@@H]1CCCN(C(=O)O)C1. The third kappa shape index (κ3) is 2.11. The topological polar surface area (TPSA) is 57.6 Å². The molecule has 0 spiro atoms. The lowest BCUT2D eigenvalue weighted by atomic mass is 10.00. The summed E-state index contributed by atoms with van der Waals surface area (Å²) in [5.41, 5.74) is 0. The van der Waals surface area contributed by atoms with Crippen LogP contribution in [-0.2, 0) is 4.79 Å². The summed E-state index contributed by atoms with van der Waals surface area (Å²) >= 11 is 5.27. The summed E-state index contributed by atoms with van der Waals surface area (Å²) < 4.78 is 0. The van der Waals surface area contributed by atoms with Gasteiger partial charge in [-0.15, -0.1) is 0 Å². The quantitative estimate of drug-likeness (QED) is 0.633. The van der Waals surface area contributed by atoms with Crippen LogP contribution in [0.5, 0.6) is 0 Å². The molecule has 12 heavy (non-hydrogen) atoms. The standard InChI is InChI=1S/C7H10ClNO3/c8-6(10)5-2-1-3-9(4-5)7(11)12/h5H,1-4H2,(H,11,12)/t5-/m1/s1. The molecule has 1 N–H and O–H groups in total. The number of carbonyl (C=O) groups is 2. The molecule has 0 aromatic carbocycles. The van der Waals surface area contributed by atoms with E-state index in [1.54, 1.807) is 0 Å². The molecule has 0 aromatic rings. The fraction of sp³-hybridized carbons (Fsp3) is 0.714. The number of piperidine rings is 1. The summed E-state index contributed by atoms with van der Waals surface area (Å²) in [6, 6.07) is 0. The molecule has 0 saturated carbocycles. The van der Waals surface area contributed by atoms with Crippen molar-refractivity contribution in [3.63, 3.8) is 0 Å². The van der Waals surface area contributed by atoms with Crippen molar-refractivity contribution in [3.05, 3.63) is 0 Å². The molecular weight excluding hydrogens is 182 g/mol. The van der Waals surface area contributed by atoms with E-state index >= 15 is 0 Å². The summed E-state index contributed by atoms with van der Waals surface area (Å²) in [5, 5.41) is 8.18. The molecule has 5 heteroatoms. The number of halogens is 1. The predicted molar refractivity (Wildman–Crippen MR) is 43.2 cm³/mol. The molecule has 0 aliphatic carbocycles. The van der Waals surface area contributed by atoms with Gasteiger partial charge >= 0.3 is 6.09 Å². The second kappa shape index (κ2) is 3.76. The minimum absolute atomic E-state index is 0.248. The average Bonchev–Trinajstić information content (AvgIpc) is 2.04. The number of hydrogen-bond acceptors (Lipinski definition) is 2. The van der Waals surface area contributed by atoms with Gasteiger partial charge in [0, 0.05) is 13.1 Å². The lowest BCUT2D eigenvalue weighted by Gasteiger charge is -2.28. The van der Waals surface area contributed by atoms with E-state index in [0.717, 1.165) is 6.42 Å². The van der Waals surface area contributed by atoms with Crippen molar-refractivity contribution < 1.29 is 14.7 Å². The molecule has 1 amide bonds. The Labute approximate surface area is 75.1 Å². The normalized spacial score (nSPS) is 23.8. The first-order valence-corrected chi connectivity index (χ1v) is 4.16. The molecule has 0 radical (unpaired) electrons. The van der Waals surface area contributed by atoms with Crippen molar-refractivity contribution in [2.24, 2.45) is 5.92 Å². The van der Waals surface area contributed by atoms with Crippen LogP contribution in [0.15, 0.2) is 0 Å². The zero-order chi connectivity index (χ0) is 9.14. The van der Waals surface area contributed by atoms with E-state index in [1.807, 2.05) is 0 Å². The molecule has 4 nitrogen and oxygen atoms in total. The Morgan fingerprint density at radius 2 is 2.17 bits per heavy atom. The van der Waals surface area contributed by atoms with Crippen LogP contribution in [-0.4, -0.2) is 34.4 Å². The monoisotopic (exact) mass is 191 g/mol. The van der Waals surface area contributed by atoms with Crippen LogP contribution < -0.4 is 0 Å². The number of carbonyl (C=O) groups excluding carboxylic acids is 1. The Morgan fingerprint density at radius 3 is 2.67 bits per heavy atom. The lowest BCUT2D eigenvalue weighted by Crippen LogP contribution is -2.40. The Morgan fingerprint density at radius 1 is 1.50 bits per heavy atom. The van der Waals surface area contributed by atoms with Crippen LogP contribution in [0.2, 0.25) is 0 Å². The van der Waals surface area contributed by atoms with Crippen LogP contribution in [0.4, 0.5) is 4.79 Å². The minimum Gasteiger partial charge on any atom is -0.465 e. The first-order chi connectivity index (χ1) is 5.61. The maximum Gasteiger partial charge on any atom is 0.407 e. The Hall–Kier alpha value is -0.770. The Balaban J connectivity index is 2.51. The number of likely N-dealkylation sites (tertiary alicyclic amines) is 1. The number of amides is 1. The molecule has 1 fully saturated rings. The van der Waals surface area contributed by atoms with E-state index in [9.17, 15) is 9.59 Å². The molecule has 1 saturated heterocycles. The Kier molecular flexibility index (Phi) is 2.92. The van der Waals surface area contributed by atoms with Crippen LogP contribution in [0.25, 0.3) is 0 Å². The maximum atomic E-state index is 10.7. The van der Waals surface area contributed by atoms with Crippen LogP contribution in [0.3, 0.4) is 0 Å². The number of nitrogens with zero attached hydrogens (tertiary/aromatic N) is 1. The van der Waals surface area contributed by atoms with E-state index in [4.69, 9.17) is 16.7 Å². The van der Waals surface area contributed by atoms with E-state index in [1.165, 1.54) is 4.90 Å². The van der Waals surface area contributed by atoms with Gasteiger partial charge in [-0.3, -0.25) is 4.79 Å². The summed E-state index contributed by atoms with van der Waals surface area (Å²) in [5.74, 6) is -0.309. The molecule has 0 bridgehead atoms. The molecule has 0 unspecified atom stereocenters. The van der Waals surface area contributed by atoms with Crippen LogP contribution >= 0.6 is 11.6 Å². The maximum absolute atomic E-state index is 10.7. The van der Waals surface area contributed by atoms with Crippen molar-refractivity contribution >= 4 is 22.9 Å². The highest BCUT2D eigenvalue weighted by Gasteiger charge is 2.26. The van der Waals surface area contributed by atoms with Crippen molar-refractivity contribution in [1.82, 2.24) is 4.90 Å². The number of rotatable bonds is 1. The summed E-state index contributed by atoms with van der Waals surface area (Å²) in [6.07, 6.45) is 0.444. The molecule has 68 valence electrons. The fourth-order valence-corrected chi connectivity index (χ4v) is 1.51. The fourth-order valence-electron chi connectivity index (χ4n) is 1.34. The summed E-state index contributed by atoms with van der Waals surface area (Å²) in [7, 11) is 0. The zero-order valence-electron chi connectivity index (χ0n) is 6.49. The largest absolute Gasteiger partial charge is 0.465 e. The van der Waals surface area contributed by atoms with Gasteiger partial charge in [0.1, 0.15) is 0 Å². The van der Waals surface area contributed by atoms with Crippen molar-refractivity contribution in [2.75, 3.05) is 13.1 Å². The van der Waals surface area contributed by atoms with E-state index in [2.05, 4.69) is 0 Å². The van der Waals surface area contributed by atoms with Gasteiger partial charge in [0.15, 0.2) is 0 Å². The smallest absolute Gasteiger partial charge is 0.407 e. The average molecular weight is 192 g/mol. The van der Waals surface area contributed by atoms with E-state index in [-0.39, 0.29) is 12.5 Å². The van der Waals surface area contributed by atoms with E-state index in [0.29, 0.717) is 13.0 Å². The van der Waals surface area contributed by atoms with Gasteiger partial charge in [0.2, 0.25) is 5.24 Å². The molecular formula is C7H10ClNO3. The van der Waals surface area contributed by atoms with Crippen LogP contribution in [0.1, 0.15) is 12.8 Å². The first-order valence-electron chi connectivity index (χ1n) is 3.78. The summed E-state index contributed by atoms with van der Waals surface area (Å²) in [4.78, 5) is 22.4. The number of hydrogen-bond donors (Lipinski definition) is 1. The van der Waals surface area contributed by atoms with Gasteiger partial charge in [0.05, 0.1) is 5.92 Å². The van der Waals surface area contributed by atoms with Crippen molar-refractivity contribution in [1.29, 1.82) is 0 Å². The molecule has 1 heterocycles. The second-order valence-corrected chi connectivity index (χ2v) is 3.24. The molecule has 1 rings (SSSR count). The van der Waals surface area contributed by atoms with E-state index < -0.39 is 11.3 Å². The molecule has 1 atom stereocenters. The first kappa shape index (κ1) is 9.32. The number of carboxylic acid groups (broad SMARTS) is 1. The highest BCUT2D eigenvalue weighted by Crippen LogP contribution is 2.18. The summed E-state index contributed by atoms with van der Waals surface area (Å²) in [6.45, 7) is 0.758. The van der Waals surface area contributed by atoms with Gasteiger partial charge in [-0.1, -0.05) is 0 Å². The van der Waals surface area contributed by atoms with Gasteiger partial charge < -0.3 is 10.0 Å². The third-order valence-corrected chi connectivity index (χ3v) is 2.32. The van der Waals surface area contributed by atoms with Gasteiger partial charge in [-0.2, -0.15) is 0 Å². The predicted octanol–water partition coefficient (Wildman–Crippen LogP) is 1.14. The third-order valence-electron chi connectivity index (χ3n) is 2.01. The van der Waals surface area contributed by atoms with Gasteiger partial charge in [-0.25, -0.2) is 4.79 Å². The molecule has 0 aromatic heterocycles. The second-order valence-electron chi connectivity index (χ2n) is 2.87. The molecule has 1 aliphatic heterocycles. The lowest BCUT2D eigenvalue weighted by molar-refractivity contribution is -0.116.